The van der Waals surface area contributed by atoms with Crippen molar-refractivity contribution in [1.82, 2.24) is 14.7 Å². The molecule has 2 heterocycles. The zero-order valence-corrected chi connectivity index (χ0v) is 22.5. The van der Waals surface area contributed by atoms with Crippen LogP contribution in [0.5, 0.6) is 23.1 Å². The van der Waals surface area contributed by atoms with Crippen molar-refractivity contribution < 1.29 is 23.7 Å². The largest absolute Gasteiger partial charge is 0.497 e. The Morgan fingerprint density at radius 1 is 0.974 bits per heavy atom. The van der Waals surface area contributed by atoms with Crippen molar-refractivity contribution in [3.63, 3.8) is 0 Å². The number of carbonyl (C=O) groups is 1. The summed E-state index contributed by atoms with van der Waals surface area (Å²) in [4.78, 5) is 15.7. The number of aromatic nitrogens is 2. The quantitative estimate of drug-likeness (QED) is 0.259. The highest BCUT2D eigenvalue weighted by Crippen LogP contribution is 2.33. The van der Waals surface area contributed by atoms with Crippen LogP contribution in [-0.4, -0.2) is 54.1 Å². The van der Waals surface area contributed by atoms with Crippen LogP contribution in [-0.2, 0) is 11.3 Å². The number of amides is 1. The molecule has 1 fully saturated rings. The number of ether oxygens (including phenoxy) is 4. The van der Waals surface area contributed by atoms with Crippen molar-refractivity contribution >= 4 is 5.91 Å². The minimum Gasteiger partial charge on any atom is -0.497 e. The van der Waals surface area contributed by atoms with E-state index >= 15 is 0 Å². The third-order valence-electron chi connectivity index (χ3n) is 6.81. The molecular weight excluding hydrogens is 494 g/mol. The number of benzene rings is 3. The van der Waals surface area contributed by atoms with Gasteiger partial charge in [0.15, 0.2) is 0 Å². The number of para-hydroxylation sites is 1. The van der Waals surface area contributed by atoms with Crippen LogP contribution < -0.4 is 14.2 Å². The molecule has 202 valence electrons. The topological polar surface area (TPSA) is 75.1 Å². The third kappa shape index (κ3) is 6.07. The molecule has 0 N–H and O–H groups in total. The first-order valence-corrected chi connectivity index (χ1v) is 13.1. The van der Waals surface area contributed by atoms with E-state index in [1.165, 1.54) is 0 Å². The van der Waals surface area contributed by atoms with Crippen molar-refractivity contribution in [3.8, 4) is 28.8 Å². The van der Waals surface area contributed by atoms with Crippen molar-refractivity contribution in [1.29, 1.82) is 0 Å². The molecular formula is C31H33N3O5. The molecule has 1 aliphatic rings. The van der Waals surface area contributed by atoms with E-state index in [0.717, 1.165) is 35.5 Å². The summed E-state index contributed by atoms with van der Waals surface area (Å²) in [6, 6.07) is 24.5. The van der Waals surface area contributed by atoms with Crippen molar-refractivity contribution in [2.24, 2.45) is 0 Å². The van der Waals surface area contributed by atoms with Crippen molar-refractivity contribution in [2.45, 2.75) is 32.4 Å². The van der Waals surface area contributed by atoms with E-state index in [-0.39, 0.29) is 12.0 Å². The molecule has 1 atom stereocenters. The first-order chi connectivity index (χ1) is 19.1. The molecule has 39 heavy (non-hydrogen) atoms. The first-order valence-electron chi connectivity index (χ1n) is 13.1. The van der Waals surface area contributed by atoms with Gasteiger partial charge < -0.3 is 23.8 Å². The maximum atomic E-state index is 13.9. The Bertz CT molecular complexity index is 1400. The van der Waals surface area contributed by atoms with E-state index < -0.39 is 0 Å². The molecule has 1 amide bonds. The average Bonchev–Trinajstić information content (AvgIpc) is 3.61. The van der Waals surface area contributed by atoms with E-state index in [9.17, 15) is 4.79 Å². The normalized spacial score (nSPS) is 14.7. The van der Waals surface area contributed by atoms with Gasteiger partial charge in [-0.1, -0.05) is 24.3 Å². The lowest BCUT2D eigenvalue weighted by atomic mass is 10.1. The minimum absolute atomic E-state index is 0.0185. The molecule has 0 radical (unpaired) electrons. The summed E-state index contributed by atoms with van der Waals surface area (Å²) in [5.41, 5.74) is 3.01. The van der Waals surface area contributed by atoms with E-state index in [1.807, 2.05) is 84.6 Å². The molecule has 0 bridgehead atoms. The average molecular weight is 528 g/mol. The second-order valence-corrected chi connectivity index (χ2v) is 9.45. The van der Waals surface area contributed by atoms with Gasteiger partial charge in [-0.2, -0.15) is 5.10 Å². The van der Waals surface area contributed by atoms with Crippen LogP contribution in [0.25, 0.3) is 5.69 Å². The predicted octanol–water partition coefficient (Wildman–Crippen LogP) is 5.81. The predicted molar refractivity (Wildman–Crippen MR) is 148 cm³/mol. The standard InChI is InChI=1S/C31H33N3O5/c1-22-29(21-33(20-28-13-8-18-38-28)30(35)23-9-7-12-27(19-23)37-3)31(34(32-22)24-10-5-4-6-11-24)39-26-16-14-25(36-2)15-17-26/h4-7,9-12,14-17,19,28H,8,13,18,20-21H2,1-3H3. The zero-order valence-electron chi connectivity index (χ0n) is 22.5. The van der Waals surface area contributed by atoms with Crippen LogP contribution in [0.1, 0.15) is 34.5 Å². The summed E-state index contributed by atoms with van der Waals surface area (Å²) in [6.45, 7) is 3.42. The van der Waals surface area contributed by atoms with Crippen LogP contribution in [0.2, 0.25) is 0 Å². The van der Waals surface area contributed by atoms with Crippen molar-refractivity contribution in [3.05, 3.63) is 95.7 Å². The van der Waals surface area contributed by atoms with Gasteiger partial charge in [0.1, 0.15) is 17.2 Å². The maximum Gasteiger partial charge on any atom is 0.254 e. The SMILES string of the molecule is COc1ccc(Oc2c(CN(CC3CCCO3)C(=O)c3cccc(OC)c3)c(C)nn2-c2ccccc2)cc1. The summed E-state index contributed by atoms with van der Waals surface area (Å²) in [6.07, 6.45) is 1.89. The molecule has 8 heteroatoms. The summed E-state index contributed by atoms with van der Waals surface area (Å²) in [7, 11) is 3.22. The van der Waals surface area contributed by atoms with Gasteiger partial charge in [-0.05, 0) is 74.4 Å². The number of rotatable bonds is 10. The summed E-state index contributed by atoms with van der Waals surface area (Å²) in [5.74, 6) is 2.46. The van der Waals surface area contributed by atoms with E-state index in [0.29, 0.717) is 42.6 Å². The summed E-state index contributed by atoms with van der Waals surface area (Å²) < 4.78 is 24.8. The van der Waals surface area contributed by atoms with E-state index in [4.69, 9.17) is 24.0 Å². The van der Waals surface area contributed by atoms with Crippen LogP contribution in [0, 0.1) is 6.92 Å². The monoisotopic (exact) mass is 527 g/mol. The highest BCUT2D eigenvalue weighted by molar-refractivity contribution is 5.94. The molecule has 0 aliphatic carbocycles. The molecule has 0 spiro atoms. The molecule has 1 saturated heterocycles. The Labute approximate surface area is 228 Å². The number of methoxy groups -OCH3 is 2. The molecule has 3 aromatic carbocycles. The molecule has 1 aliphatic heterocycles. The first kappa shape index (κ1) is 26.3. The van der Waals surface area contributed by atoms with E-state index in [2.05, 4.69) is 0 Å². The lowest BCUT2D eigenvalue weighted by Crippen LogP contribution is -2.37. The van der Waals surface area contributed by atoms with Crippen LogP contribution in [0.4, 0.5) is 0 Å². The van der Waals surface area contributed by atoms with Crippen LogP contribution in [0.3, 0.4) is 0 Å². The number of aryl methyl sites for hydroxylation is 1. The molecule has 1 aromatic heterocycles. The van der Waals surface area contributed by atoms with Crippen LogP contribution in [0.15, 0.2) is 78.9 Å². The lowest BCUT2D eigenvalue weighted by Gasteiger charge is -2.26. The molecule has 0 saturated carbocycles. The second kappa shape index (κ2) is 12.0. The Hall–Kier alpha value is -4.30. The van der Waals surface area contributed by atoms with Gasteiger partial charge in [-0.3, -0.25) is 4.79 Å². The lowest BCUT2D eigenvalue weighted by molar-refractivity contribution is 0.0505. The van der Waals surface area contributed by atoms with Gasteiger partial charge in [-0.25, -0.2) is 4.68 Å². The van der Waals surface area contributed by atoms with Gasteiger partial charge >= 0.3 is 0 Å². The van der Waals surface area contributed by atoms with Crippen molar-refractivity contribution in [2.75, 3.05) is 27.4 Å². The summed E-state index contributed by atoms with van der Waals surface area (Å²) in [5, 5.41) is 4.83. The minimum atomic E-state index is -0.105. The smallest absolute Gasteiger partial charge is 0.254 e. The number of hydrogen-bond donors (Lipinski definition) is 0. The van der Waals surface area contributed by atoms with E-state index in [1.54, 1.807) is 25.0 Å². The molecule has 4 aromatic rings. The van der Waals surface area contributed by atoms with Gasteiger partial charge in [0.25, 0.3) is 5.91 Å². The van der Waals surface area contributed by atoms with Gasteiger partial charge in [0.2, 0.25) is 5.88 Å². The van der Waals surface area contributed by atoms with Gasteiger partial charge in [0, 0.05) is 18.7 Å². The Morgan fingerprint density at radius 3 is 2.41 bits per heavy atom. The fraction of sp³-hybridized carbons (Fsp3) is 0.290. The molecule has 1 unspecified atom stereocenters. The molecule has 5 rings (SSSR count). The van der Waals surface area contributed by atoms with Crippen LogP contribution >= 0.6 is 0 Å². The highest BCUT2D eigenvalue weighted by Gasteiger charge is 2.28. The Balaban J connectivity index is 1.54. The number of nitrogens with zero attached hydrogens (tertiary/aromatic N) is 3. The summed E-state index contributed by atoms with van der Waals surface area (Å²) >= 11 is 0. The number of carbonyl (C=O) groups excluding carboxylic acids is 1. The van der Waals surface area contributed by atoms with Gasteiger partial charge in [0.05, 0.1) is 43.8 Å². The number of hydrogen-bond acceptors (Lipinski definition) is 6. The fourth-order valence-corrected chi connectivity index (χ4v) is 4.71. The third-order valence-corrected chi connectivity index (χ3v) is 6.81. The zero-order chi connectivity index (χ0) is 27.2. The fourth-order valence-electron chi connectivity index (χ4n) is 4.71. The highest BCUT2D eigenvalue weighted by atomic mass is 16.5. The Kier molecular flexibility index (Phi) is 8.13. The maximum absolute atomic E-state index is 13.9. The molecule has 8 nitrogen and oxygen atoms in total. The second-order valence-electron chi connectivity index (χ2n) is 9.45. The van der Waals surface area contributed by atoms with Gasteiger partial charge in [-0.15, -0.1) is 0 Å². The Morgan fingerprint density at radius 2 is 1.72 bits per heavy atom.